The predicted molar refractivity (Wildman–Crippen MR) is 118 cm³/mol. The summed E-state index contributed by atoms with van der Waals surface area (Å²) in [5.74, 6) is 0.372. The zero-order valence-corrected chi connectivity index (χ0v) is 18.7. The lowest BCUT2D eigenvalue weighted by atomic mass is 9.92. The first-order chi connectivity index (χ1) is 13.8. The number of hydrogen-bond acceptors (Lipinski definition) is 4. The summed E-state index contributed by atoms with van der Waals surface area (Å²) in [6.07, 6.45) is 4.09. The molecule has 1 aromatic rings. The van der Waals surface area contributed by atoms with Crippen molar-refractivity contribution in [3.05, 3.63) is 35.9 Å². The quantitative estimate of drug-likeness (QED) is 0.552. The molecular weight excluding hydrogens is 364 g/mol. The minimum Gasteiger partial charge on any atom is -0.390 e. The number of carbonyl (C=O) groups excluding carboxylic acids is 1. The van der Waals surface area contributed by atoms with Crippen molar-refractivity contribution < 1.29 is 14.6 Å². The van der Waals surface area contributed by atoms with Crippen molar-refractivity contribution in [2.24, 2.45) is 5.92 Å². The van der Waals surface area contributed by atoms with Crippen molar-refractivity contribution in [2.75, 3.05) is 19.7 Å². The topological polar surface area (TPSA) is 61.8 Å². The highest BCUT2D eigenvalue weighted by atomic mass is 16.5. The van der Waals surface area contributed by atoms with Crippen LogP contribution in [-0.4, -0.2) is 53.4 Å². The molecule has 2 N–H and O–H groups in total. The number of benzene rings is 1. The van der Waals surface area contributed by atoms with Crippen LogP contribution in [0.4, 0.5) is 0 Å². The summed E-state index contributed by atoms with van der Waals surface area (Å²) in [4.78, 5) is 15.1. The van der Waals surface area contributed by atoms with Gasteiger partial charge >= 0.3 is 0 Å². The number of rotatable bonds is 11. The first-order valence-electron chi connectivity index (χ1n) is 11.2. The Hall–Kier alpha value is -1.43. The highest BCUT2D eigenvalue weighted by Gasteiger charge is 2.29. The second kappa shape index (κ2) is 11.7. The van der Waals surface area contributed by atoms with Gasteiger partial charge in [-0.3, -0.25) is 9.69 Å². The van der Waals surface area contributed by atoms with Gasteiger partial charge in [0.15, 0.2) is 0 Å². The lowest BCUT2D eigenvalue weighted by Gasteiger charge is -2.33. The maximum absolute atomic E-state index is 12.8. The molecule has 0 spiro atoms. The largest absolute Gasteiger partial charge is 0.390 e. The summed E-state index contributed by atoms with van der Waals surface area (Å²) in [6, 6.07) is 10.5. The maximum Gasteiger partial charge on any atom is 0.250 e. The van der Waals surface area contributed by atoms with Crippen molar-refractivity contribution in [3.63, 3.8) is 0 Å². The summed E-state index contributed by atoms with van der Waals surface area (Å²) in [6.45, 7) is 11.1. The molecule has 1 fully saturated rings. The standard InChI is InChI=1S/C24H40N2O3/c1-5-24(4,28)14-10-9-13-21(19(2)3)25-23(27)22-18-26(15-16-29-22)17-20-11-7-6-8-12-20/h6-8,11-12,19,21-22,28H,5,9-10,13-18H2,1-4H3,(H,25,27). The summed E-state index contributed by atoms with van der Waals surface area (Å²) in [5.41, 5.74) is 0.686. The number of carbonyl (C=O) groups is 1. The monoisotopic (exact) mass is 404 g/mol. The molecule has 5 nitrogen and oxygen atoms in total. The molecule has 2 rings (SSSR count). The highest BCUT2D eigenvalue weighted by molar-refractivity contribution is 5.81. The smallest absolute Gasteiger partial charge is 0.250 e. The van der Waals surface area contributed by atoms with Crippen LogP contribution in [0, 0.1) is 5.92 Å². The van der Waals surface area contributed by atoms with Gasteiger partial charge < -0.3 is 15.2 Å². The maximum atomic E-state index is 12.8. The normalized spacial score (nSPS) is 21.0. The van der Waals surface area contributed by atoms with Crippen LogP contribution in [0.3, 0.4) is 0 Å². The third kappa shape index (κ3) is 8.45. The minimum atomic E-state index is -0.575. The average molecular weight is 405 g/mol. The summed E-state index contributed by atoms with van der Waals surface area (Å²) in [7, 11) is 0. The molecule has 0 aliphatic carbocycles. The molecule has 5 heteroatoms. The highest BCUT2D eigenvalue weighted by Crippen LogP contribution is 2.20. The Morgan fingerprint density at radius 3 is 2.69 bits per heavy atom. The Bertz CT molecular complexity index is 603. The van der Waals surface area contributed by atoms with E-state index in [1.54, 1.807) is 0 Å². The Labute approximate surface area is 176 Å². The molecule has 164 valence electrons. The molecule has 0 radical (unpaired) electrons. The van der Waals surface area contributed by atoms with Gasteiger partial charge in [0.25, 0.3) is 5.91 Å². The lowest BCUT2D eigenvalue weighted by Crippen LogP contribution is -2.52. The zero-order valence-electron chi connectivity index (χ0n) is 18.7. The third-order valence-electron chi connectivity index (χ3n) is 6.07. The van der Waals surface area contributed by atoms with Gasteiger partial charge in [0.1, 0.15) is 6.10 Å². The van der Waals surface area contributed by atoms with Crippen molar-refractivity contribution in [1.82, 2.24) is 10.2 Å². The van der Waals surface area contributed by atoms with E-state index in [2.05, 4.69) is 36.2 Å². The number of amides is 1. The summed E-state index contributed by atoms with van der Waals surface area (Å²) in [5, 5.41) is 13.4. The van der Waals surface area contributed by atoms with Gasteiger partial charge in [0, 0.05) is 25.7 Å². The van der Waals surface area contributed by atoms with Crippen molar-refractivity contribution in [2.45, 2.75) is 84.1 Å². The van der Waals surface area contributed by atoms with E-state index in [1.165, 1.54) is 5.56 Å². The van der Waals surface area contributed by atoms with Crippen LogP contribution in [0.25, 0.3) is 0 Å². The lowest BCUT2D eigenvalue weighted by molar-refractivity contribution is -0.140. The fraction of sp³-hybridized carbons (Fsp3) is 0.708. The number of morpholine rings is 1. The summed E-state index contributed by atoms with van der Waals surface area (Å²) >= 11 is 0. The molecule has 1 amide bonds. The van der Waals surface area contributed by atoms with Gasteiger partial charge in [-0.05, 0) is 37.7 Å². The van der Waals surface area contributed by atoms with Crippen LogP contribution in [-0.2, 0) is 16.1 Å². The van der Waals surface area contributed by atoms with Gasteiger partial charge in [0.2, 0.25) is 0 Å². The fourth-order valence-electron chi connectivity index (χ4n) is 3.74. The molecule has 3 atom stereocenters. The Morgan fingerprint density at radius 2 is 2.03 bits per heavy atom. The van der Waals surface area contributed by atoms with Crippen molar-refractivity contribution in [3.8, 4) is 0 Å². The second-order valence-corrected chi connectivity index (χ2v) is 9.04. The van der Waals surface area contributed by atoms with Gasteiger partial charge in [-0.15, -0.1) is 0 Å². The number of hydrogen-bond donors (Lipinski definition) is 2. The molecule has 1 saturated heterocycles. The van der Waals surface area contributed by atoms with E-state index in [0.29, 0.717) is 19.1 Å². The minimum absolute atomic E-state index is 0.00187. The van der Waals surface area contributed by atoms with E-state index in [-0.39, 0.29) is 11.9 Å². The third-order valence-corrected chi connectivity index (χ3v) is 6.07. The van der Waals surface area contributed by atoms with Crippen LogP contribution >= 0.6 is 0 Å². The van der Waals surface area contributed by atoms with Crippen LogP contribution in [0.15, 0.2) is 30.3 Å². The molecule has 1 aromatic carbocycles. The van der Waals surface area contributed by atoms with Crippen molar-refractivity contribution >= 4 is 5.91 Å². The molecule has 3 unspecified atom stereocenters. The van der Waals surface area contributed by atoms with E-state index in [1.807, 2.05) is 32.0 Å². The molecule has 1 aliphatic rings. The van der Waals surface area contributed by atoms with E-state index in [0.717, 1.165) is 45.2 Å². The number of unbranched alkanes of at least 4 members (excludes halogenated alkanes) is 1. The first-order valence-corrected chi connectivity index (χ1v) is 11.2. The van der Waals surface area contributed by atoms with Gasteiger partial charge in [-0.25, -0.2) is 0 Å². The molecule has 29 heavy (non-hydrogen) atoms. The number of nitrogens with zero attached hydrogens (tertiary/aromatic N) is 1. The molecule has 0 aromatic heterocycles. The number of ether oxygens (including phenoxy) is 1. The van der Waals surface area contributed by atoms with E-state index in [4.69, 9.17) is 4.74 Å². The van der Waals surface area contributed by atoms with Gasteiger partial charge in [-0.2, -0.15) is 0 Å². The molecule has 0 bridgehead atoms. The van der Waals surface area contributed by atoms with Crippen LogP contribution in [0.5, 0.6) is 0 Å². The van der Waals surface area contributed by atoms with Gasteiger partial charge in [0.05, 0.1) is 12.2 Å². The Morgan fingerprint density at radius 1 is 1.31 bits per heavy atom. The van der Waals surface area contributed by atoms with Gasteiger partial charge in [-0.1, -0.05) is 63.9 Å². The van der Waals surface area contributed by atoms with E-state index < -0.39 is 11.7 Å². The van der Waals surface area contributed by atoms with E-state index in [9.17, 15) is 9.90 Å². The van der Waals surface area contributed by atoms with E-state index >= 15 is 0 Å². The van der Waals surface area contributed by atoms with Crippen LogP contribution < -0.4 is 5.32 Å². The number of aliphatic hydroxyl groups is 1. The molecule has 1 aliphatic heterocycles. The van der Waals surface area contributed by atoms with Crippen LogP contribution in [0.1, 0.15) is 65.4 Å². The van der Waals surface area contributed by atoms with Crippen LogP contribution in [0.2, 0.25) is 0 Å². The molecule has 1 heterocycles. The molecular formula is C24H40N2O3. The molecule has 0 saturated carbocycles. The fourth-order valence-corrected chi connectivity index (χ4v) is 3.74. The number of nitrogens with one attached hydrogen (secondary N) is 1. The Kier molecular flexibility index (Phi) is 9.60. The SMILES string of the molecule is CCC(C)(O)CCCCC(NC(=O)C1CN(Cc2ccccc2)CCO1)C(C)C. The predicted octanol–water partition coefficient (Wildman–Crippen LogP) is 3.75. The summed E-state index contributed by atoms with van der Waals surface area (Å²) < 4.78 is 5.79. The zero-order chi connectivity index (χ0) is 21.3. The first kappa shape index (κ1) is 23.8. The average Bonchev–Trinajstić information content (AvgIpc) is 2.71. The second-order valence-electron chi connectivity index (χ2n) is 9.04. The Balaban J connectivity index is 1.80. The van der Waals surface area contributed by atoms with Crippen molar-refractivity contribution in [1.29, 1.82) is 0 Å².